The van der Waals surface area contributed by atoms with Crippen LogP contribution in [0.3, 0.4) is 0 Å². The molecule has 0 spiro atoms. The van der Waals surface area contributed by atoms with E-state index in [1.54, 1.807) is 0 Å². The predicted molar refractivity (Wildman–Crippen MR) is 57.2 cm³/mol. The summed E-state index contributed by atoms with van der Waals surface area (Å²) in [6, 6.07) is 9.76. The molecular formula is C12H18O2. The highest BCUT2D eigenvalue weighted by atomic mass is 16.3. The van der Waals surface area contributed by atoms with Gasteiger partial charge in [-0.05, 0) is 12.0 Å². The lowest BCUT2D eigenvalue weighted by Gasteiger charge is -2.23. The fraction of sp³-hybridized carbons (Fsp3) is 0.500. The van der Waals surface area contributed by atoms with Gasteiger partial charge in [-0.25, -0.2) is 0 Å². The summed E-state index contributed by atoms with van der Waals surface area (Å²) in [5.41, 5.74) is 1.06. The molecular weight excluding hydrogens is 176 g/mol. The van der Waals surface area contributed by atoms with E-state index in [4.69, 9.17) is 0 Å². The maximum absolute atomic E-state index is 9.79. The predicted octanol–water partition coefficient (Wildman–Crippen LogP) is 1.92. The Hall–Kier alpha value is -0.860. The summed E-state index contributed by atoms with van der Waals surface area (Å²) < 4.78 is 0. The van der Waals surface area contributed by atoms with E-state index in [0.29, 0.717) is 6.42 Å². The molecule has 2 heteroatoms. The molecule has 0 amide bonds. The van der Waals surface area contributed by atoms with Crippen LogP contribution in [0.1, 0.15) is 31.7 Å². The van der Waals surface area contributed by atoms with Gasteiger partial charge in [-0.3, -0.25) is 0 Å². The van der Waals surface area contributed by atoms with Gasteiger partial charge in [-0.15, -0.1) is 0 Å². The number of aliphatic hydroxyl groups excluding tert-OH is 2. The molecule has 2 N–H and O–H groups in total. The van der Waals surface area contributed by atoms with E-state index in [1.165, 1.54) is 0 Å². The van der Waals surface area contributed by atoms with Crippen molar-refractivity contribution >= 4 is 0 Å². The van der Waals surface area contributed by atoms with Crippen molar-refractivity contribution in [3.8, 4) is 0 Å². The first-order valence-electron chi connectivity index (χ1n) is 5.08. The van der Waals surface area contributed by atoms with Crippen molar-refractivity contribution in [3.05, 3.63) is 35.9 Å². The summed E-state index contributed by atoms with van der Waals surface area (Å²) in [7, 11) is 0. The van der Waals surface area contributed by atoms with Crippen LogP contribution in [0.15, 0.2) is 30.3 Å². The third kappa shape index (κ3) is 2.56. The lowest BCUT2D eigenvalue weighted by Crippen LogP contribution is -2.30. The third-order valence-corrected chi connectivity index (χ3v) is 2.65. The first-order chi connectivity index (χ1) is 6.66. The van der Waals surface area contributed by atoms with Crippen LogP contribution in [-0.4, -0.2) is 22.4 Å². The van der Waals surface area contributed by atoms with Crippen LogP contribution in [-0.2, 0) is 0 Å². The van der Waals surface area contributed by atoms with Crippen LogP contribution in [0.5, 0.6) is 0 Å². The Bertz CT molecular complexity index is 258. The highest BCUT2D eigenvalue weighted by Gasteiger charge is 2.22. The minimum Gasteiger partial charge on any atom is -0.390 e. The molecule has 3 atom stereocenters. The highest BCUT2D eigenvalue weighted by Crippen LogP contribution is 2.21. The normalized spacial score (nSPS) is 17.4. The SMILES string of the molecule is CCC(O)C(O)C(C)c1ccccc1. The van der Waals surface area contributed by atoms with E-state index < -0.39 is 12.2 Å². The number of rotatable bonds is 4. The summed E-state index contributed by atoms with van der Waals surface area (Å²) >= 11 is 0. The average Bonchev–Trinajstić information content (AvgIpc) is 2.27. The van der Waals surface area contributed by atoms with Crippen molar-refractivity contribution < 1.29 is 10.2 Å². The van der Waals surface area contributed by atoms with Gasteiger partial charge in [0.1, 0.15) is 0 Å². The van der Waals surface area contributed by atoms with E-state index >= 15 is 0 Å². The molecule has 0 saturated carbocycles. The molecule has 0 saturated heterocycles. The first kappa shape index (κ1) is 11.2. The smallest absolute Gasteiger partial charge is 0.0864 e. The van der Waals surface area contributed by atoms with E-state index in [9.17, 15) is 10.2 Å². The van der Waals surface area contributed by atoms with Gasteiger partial charge in [-0.2, -0.15) is 0 Å². The zero-order valence-corrected chi connectivity index (χ0v) is 8.72. The first-order valence-corrected chi connectivity index (χ1v) is 5.08. The molecule has 1 rings (SSSR count). The Kier molecular flexibility index (Phi) is 4.11. The van der Waals surface area contributed by atoms with Gasteiger partial charge in [-0.1, -0.05) is 44.2 Å². The Balaban J connectivity index is 2.70. The van der Waals surface area contributed by atoms with Crippen molar-refractivity contribution in [2.45, 2.75) is 38.4 Å². The summed E-state index contributed by atoms with van der Waals surface area (Å²) in [6.45, 7) is 3.80. The quantitative estimate of drug-likeness (QED) is 0.768. The Morgan fingerprint density at radius 3 is 2.21 bits per heavy atom. The molecule has 0 aromatic heterocycles. The zero-order valence-electron chi connectivity index (χ0n) is 8.72. The maximum Gasteiger partial charge on any atom is 0.0864 e. The van der Waals surface area contributed by atoms with Crippen LogP contribution in [0.4, 0.5) is 0 Å². The lowest BCUT2D eigenvalue weighted by molar-refractivity contribution is 0.00421. The van der Waals surface area contributed by atoms with Crippen LogP contribution in [0.2, 0.25) is 0 Å². The molecule has 0 radical (unpaired) electrons. The van der Waals surface area contributed by atoms with E-state index in [1.807, 2.05) is 44.2 Å². The van der Waals surface area contributed by atoms with Gasteiger partial charge in [0, 0.05) is 5.92 Å². The fourth-order valence-corrected chi connectivity index (χ4v) is 1.53. The summed E-state index contributed by atoms with van der Waals surface area (Å²) in [4.78, 5) is 0. The van der Waals surface area contributed by atoms with Gasteiger partial charge in [0.05, 0.1) is 12.2 Å². The molecule has 2 nitrogen and oxygen atoms in total. The molecule has 1 aromatic rings. The van der Waals surface area contributed by atoms with Crippen molar-refractivity contribution in [2.24, 2.45) is 0 Å². The largest absolute Gasteiger partial charge is 0.390 e. The van der Waals surface area contributed by atoms with Gasteiger partial charge in [0.2, 0.25) is 0 Å². The van der Waals surface area contributed by atoms with Gasteiger partial charge in [0.15, 0.2) is 0 Å². The zero-order chi connectivity index (χ0) is 10.6. The molecule has 14 heavy (non-hydrogen) atoms. The minimum absolute atomic E-state index is 0.0221. The van der Waals surface area contributed by atoms with Crippen LogP contribution < -0.4 is 0 Å². The van der Waals surface area contributed by atoms with Crippen molar-refractivity contribution in [1.29, 1.82) is 0 Å². The number of aliphatic hydroxyl groups is 2. The second kappa shape index (κ2) is 5.13. The van der Waals surface area contributed by atoms with Crippen molar-refractivity contribution in [3.63, 3.8) is 0 Å². The molecule has 0 aliphatic carbocycles. The van der Waals surface area contributed by atoms with E-state index in [-0.39, 0.29) is 5.92 Å². The number of hydrogen-bond donors (Lipinski definition) is 2. The van der Waals surface area contributed by atoms with Crippen molar-refractivity contribution in [2.75, 3.05) is 0 Å². The van der Waals surface area contributed by atoms with Crippen LogP contribution >= 0.6 is 0 Å². The monoisotopic (exact) mass is 194 g/mol. The van der Waals surface area contributed by atoms with Crippen LogP contribution in [0.25, 0.3) is 0 Å². The molecule has 78 valence electrons. The Labute approximate surface area is 85.2 Å². The standard InChI is InChI=1S/C12H18O2/c1-3-11(13)12(14)9(2)10-7-5-4-6-8-10/h4-9,11-14H,3H2,1-2H3. The van der Waals surface area contributed by atoms with Crippen LogP contribution in [0, 0.1) is 0 Å². The fourth-order valence-electron chi connectivity index (χ4n) is 1.53. The van der Waals surface area contributed by atoms with Crippen molar-refractivity contribution in [1.82, 2.24) is 0 Å². The lowest BCUT2D eigenvalue weighted by atomic mass is 9.91. The molecule has 0 aliphatic heterocycles. The number of benzene rings is 1. The summed E-state index contributed by atoms with van der Waals surface area (Å²) in [5.74, 6) is -0.0221. The Morgan fingerprint density at radius 2 is 1.71 bits per heavy atom. The van der Waals surface area contributed by atoms with E-state index in [2.05, 4.69) is 0 Å². The highest BCUT2D eigenvalue weighted by molar-refractivity contribution is 5.20. The summed E-state index contributed by atoms with van der Waals surface area (Å²) in [6.07, 6.45) is -0.731. The van der Waals surface area contributed by atoms with Gasteiger partial charge < -0.3 is 10.2 Å². The second-order valence-corrected chi connectivity index (χ2v) is 3.67. The molecule has 1 aromatic carbocycles. The summed E-state index contributed by atoms with van der Waals surface area (Å²) in [5, 5.41) is 19.3. The number of hydrogen-bond acceptors (Lipinski definition) is 2. The average molecular weight is 194 g/mol. The third-order valence-electron chi connectivity index (χ3n) is 2.65. The van der Waals surface area contributed by atoms with Gasteiger partial charge in [0.25, 0.3) is 0 Å². The molecule has 0 fully saturated rings. The molecule has 0 heterocycles. The topological polar surface area (TPSA) is 40.5 Å². The minimum atomic E-state index is -0.678. The Morgan fingerprint density at radius 1 is 1.14 bits per heavy atom. The molecule has 0 aliphatic rings. The maximum atomic E-state index is 9.79. The van der Waals surface area contributed by atoms with Gasteiger partial charge >= 0.3 is 0 Å². The molecule has 3 unspecified atom stereocenters. The second-order valence-electron chi connectivity index (χ2n) is 3.67. The van der Waals surface area contributed by atoms with E-state index in [0.717, 1.165) is 5.56 Å². The molecule has 0 bridgehead atoms.